The Kier molecular flexibility index (Phi) is 3.94. The van der Waals surface area contributed by atoms with Gasteiger partial charge < -0.3 is 10.5 Å². The monoisotopic (exact) mass is 325 g/mol. The van der Waals surface area contributed by atoms with Gasteiger partial charge in [-0.1, -0.05) is 6.07 Å². The number of ether oxygens (including phenoxy) is 1. The lowest BCUT2D eigenvalue weighted by Crippen LogP contribution is -2.47. The van der Waals surface area contributed by atoms with Gasteiger partial charge in [-0.05, 0) is 37.8 Å². The van der Waals surface area contributed by atoms with Gasteiger partial charge in [0.15, 0.2) is 0 Å². The molecule has 4 rings (SSSR count). The van der Waals surface area contributed by atoms with Crippen LogP contribution in [0.25, 0.3) is 0 Å². The lowest BCUT2D eigenvalue weighted by atomic mass is 9.83. The van der Waals surface area contributed by atoms with Crippen molar-refractivity contribution in [1.82, 2.24) is 19.9 Å². The van der Waals surface area contributed by atoms with E-state index < -0.39 is 0 Å². The standard InChI is InChI=1S/C18H23N5O/c1-13-21-11-14-4-10-24-18(16(14)22-13)5-8-23(9-6-18)12-15-3-2-7-20-17(15)19/h2-3,7,11H,4-6,8-10,12H2,1H3,(H2,19,20). The maximum Gasteiger partial charge on any atom is 0.127 e. The number of pyridine rings is 1. The predicted molar refractivity (Wildman–Crippen MR) is 91.3 cm³/mol. The largest absolute Gasteiger partial charge is 0.383 e. The fourth-order valence-electron chi connectivity index (χ4n) is 3.78. The maximum atomic E-state index is 6.26. The summed E-state index contributed by atoms with van der Waals surface area (Å²) in [5.41, 5.74) is 9.19. The second-order valence-electron chi connectivity index (χ2n) is 6.71. The van der Waals surface area contributed by atoms with Crippen molar-refractivity contribution >= 4 is 5.82 Å². The summed E-state index contributed by atoms with van der Waals surface area (Å²) < 4.78 is 6.26. The van der Waals surface area contributed by atoms with Gasteiger partial charge in [-0.15, -0.1) is 0 Å². The van der Waals surface area contributed by atoms with Crippen LogP contribution in [0.3, 0.4) is 0 Å². The van der Waals surface area contributed by atoms with Crippen LogP contribution in [0.4, 0.5) is 5.82 Å². The van der Waals surface area contributed by atoms with E-state index in [4.69, 9.17) is 15.5 Å². The van der Waals surface area contributed by atoms with Gasteiger partial charge in [0.1, 0.15) is 17.2 Å². The van der Waals surface area contributed by atoms with Gasteiger partial charge in [-0.25, -0.2) is 15.0 Å². The molecule has 24 heavy (non-hydrogen) atoms. The van der Waals surface area contributed by atoms with Crippen LogP contribution in [-0.4, -0.2) is 39.5 Å². The molecule has 6 nitrogen and oxygen atoms in total. The Morgan fingerprint density at radius 1 is 1.29 bits per heavy atom. The van der Waals surface area contributed by atoms with E-state index in [2.05, 4.69) is 20.9 Å². The number of hydrogen-bond donors (Lipinski definition) is 1. The molecule has 0 radical (unpaired) electrons. The van der Waals surface area contributed by atoms with Crippen LogP contribution in [-0.2, 0) is 23.3 Å². The molecule has 0 aliphatic carbocycles. The molecule has 2 aromatic heterocycles. The second kappa shape index (κ2) is 6.11. The van der Waals surface area contributed by atoms with E-state index >= 15 is 0 Å². The van der Waals surface area contributed by atoms with Crippen molar-refractivity contribution in [3.8, 4) is 0 Å². The quantitative estimate of drug-likeness (QED) is 0.907. The van der Waals surface area contributed by atoms with Crippen LogP contribution in [0.5, 0.6) is 0 Å². The summed E-state index contributed by atoms with van der Waals surface area (Å²) in [7, 11) is 0. The molecule has 6 heteroatoms. The number of likely N-dealkylation sites (tertiary alicyclic amines) is 1. The Morgan fingerprint density at radius 2 is 2.12 bits per heavy atom. The molecular weight excluding hydrogens is 302 g/mol. The van der Waals surface area contributed by atoms with E-state index in [0.29, 0.717) is 5.82 Å². The first-order valence-corrected chi connectivity index (χ1v) is 8.55. The lowest BCUT2D eigenvalue weighted by molar-refractivity contribution is -0.102. The topological polar surface area (TPSA) is 77.2 Å². The van der Waals surface area contributed by atoms with E-state index in [1.165, 1.54) is 5.56 Å². The number of anilines is 1. The number of aromatic nitrogens is 3. The molecule has 2 aliphatic rings. The fourth-order valence-corrected chi connectivity index (χ4v) is 3.78. The molecule has 1 fully saturated rings. The average Bonchev–Trinajstić information content (AvgIpc) is 2.60. The van der Waals surface area contributed by atoms with Gasteiger partial charge in [0.05, 0.1) is 12.3 Å². The molecule has 2 aromatic rings. The van der Waals surface area contributed by atoms with Gasteiger partial charge in [0, 0.05) is 37.6 Å². The van der Waals surface area contributed by atoms with Crippen molar-refractivity contribution in [1.29, 1.82) is 0 Å². The van der Waals surface area contributed by atoms with Crippen LogP contribution in [0.1, 0.15) is 35.5 Å². The van der Waals surface area contributed by atoms with Gasteiger partial charge in [0.2, 0.25) is 0 Å². The van der Waals surface area contributed by atoms with Crippen molar-refractivity contribution in [2.45, 2.75) is 38.3 Å². The molecule has 0 bridgehead atoms. The van der Waals surface area contributed by atoms with Gasteiger partial charge >= 0.3 is 0 Å². The minimum Gasteiger partial charge on any atom is -0.383 e. The van der Waals surface area contributed by atoms with E-state index in [9.17, 15) is 0 Å². The van der Waals surface area contributed by atoms with Crippen LogP contribution in [0.15, 0.2) is 24.5 Å². The third-order valence-corrected chi connectivity index (χ3v) is 5.15. The number of hydrogen-bond acceptors (Lipinski definition) is 6. The number of piperidine rings is 1. The van der Waals surface area contributed by atoms with Crippen LogP contribution in [0.2, 0.25) is 0 Å². The van der Waals surface area contributed by atoms with Crippen LogP contribution in [0, 0.1) is 6.92 Å². The minimum absolute atomic E-state index is 0.238. The summed E-state index contributed by atoms with van der Waals surface area (Å²) in [6.45, 7) is 5.48. The molecule has 0 aromatic carbocycles. The van der Waals surface area contributed by atoms with Gasteiger partial charge in [-0.2, -0.15) is 0 Å². The molecule has 0 amide bonds. The van der Waals surface area contributed by atoms with E-state index in [1.807, 2.05) is 19.2 Å². The Balaban J connectivity index is 1.51. The Hall–Kier alpha value is -2.05. The minimum atomic E-state index is -0.238. The molecule has 2 aliphatic heterocycles. The van der Waals surface area contributed by atoms with Crippen LogP contribution >= 0.6 is 0 Å². The molecule has 1 saturated heterocycles. The molecule has 4 heterocycles. The van der Waals surface area contributed by atoms with Crippen molar-refractivity contribution in [3.05, 3.63) is 47.2 Å². The predicted octanol–water partition coefficient (Wildman–Crippen LogP) is 1.83. The zero-order valence-corrected chi connectivity index (χ0v) is 14.0. The zero-order valence-electron chi connectivity index (χ0n) is 14.0. The molecule has 0 unspecified atom stereocenters. The second-order valence-corrected chi connectivity index (χ2v) is 6.71. The summed E-state index contributed by atoms with van der Waals surface area (Å²) >= 11 is 0. The van der Waals surface area contributed by atoms with E-state index in [0.717, 1.165) is 62.6 Å². The van der Waals surface area contributed by atoms with Crippen molar-refractivity contribution in [2.24, 2.45) is 0 Å². The van der Waals surface area contributed by atoms with Gasteiger partial charge in [0.25, 0.3) is 0 Å². The number of nitrogens with zero attached hydrogens (tertiary/aromatic N) is 4. The molecule has 0 atom stereocenters. The summed E-state index contributed by atoms with van der Waals surface area (Å²) in [5.74, 6) is 1.45. The van der Waals surface area contributed by atoms with Crippen molar-refractivity contribution in [2.75, 3.05) is 25.4 Å². The van der Waals surface area contributed by atoms with E-state index in [-0.39, 0.29) is 5.60 Å². The lowest BCUT2D eigenvalue weighted by Gasteiger charge is -2.44. The summed E-state index contributed by atoms with van der Waals surface area (Å²) in [4.78, 5) is 15.7. The fraction of sp³-hybridized carbons (Fsp3) is 0.500. The molecule has 0 saturated carbocycles. The Bertz CT molecular complexity index is 740. The van der Waals surface area contributed by atoms with Crippen molar-refractivity contribution < 1.29 is 4.74 Å². The number of fused-ring (bicyclic) bond motifs is 2. The third kappa shape index (κ3) is 2.76. The van der Waals surface area contributed by atoms with Gasteiger partial charge in [-0.3, -0.25) is 4.90 Å². The summed E-state index contributed by atoms with van der Waals surface area (Å²) in [6.07, 6.45) is 6.53. The average molecular weight is 325 g/mol. The first-order valence-electron chi connectivity index (χ1n) is 8.55. The van der Waals surface area contributed by atoms with Crippen LogP contribution < -0.4 is 5.73 Å². The number of nitrogen functional groups attached to an aromatic ring is 1. The smallest absolute Gasteiger partial charge is 0.127 e. The van der Waals surface area contributed by atoms with Crippen molar-refractivity contribution in [3.63, 3.8) is 0 Å². The SMILES string of the molecule is Cc1ncc2c(n1)C1(CCN(Cc3cccnc3N)CC1)OCC2. The summed E-state index contributed by atoms with van der Waals surface area (Å²) in [6, 6.07) is 3.99. The maximum absolute atomic E-state index is 6.26. The number of nitrogens with two attached hydrogens (primary N) is 1. The first kappa shape index (κ1) is 15.5. The highest BCUT2D eigenvalue weighted by molar-refractivity contribution is 5.38. The molecule has 2 N–H and O–H groups in total. The zero-order chi connectivity index (χ0) is 16.6. The summed E-state index contributed by atoms with van der Waals surface area (Å²) in [5, 5.41) is 0. The number of aryl methyl sites for hydroxylation is 1. The Labute approximate surface area is 142 Å². The first-order chi connectivity index (χ1) is 11.7. The highest BCUT2D eigenvalue weighted by atomic mass is 16.5. The third-order valence-electron chi connectivity index (χ3n) is 5.15. The highest BCUT2D eigenvalue weighted by Crippen LogP contribution is 2.40. The molecule has 1 spiro atoms. The normalized spacial score (nSPS) is 20.0. The Morgan fingerprint density at radius 3 is 2.92 bits per heavy atom. The number of rotatable bonds is 2. The van der Waals surface area contributed by atoms with E-state index in [1.54, 1.807) is 6.20 Å². The molecule has 126 valence electrons. The molecular formula is C18H23N5O. The highest BCUT2D eigenvalue weighted by Gasteiger charge is 2.42.